The Kier molecular flexibility index (Phi) is 10.6. The summed E-state index contributed by atoms with van der Waals surface area (Å²) in [5, 5.41) is 13.1. The fourth-order valence-corrected chi connectivity index (χ4v) is 4.80. The van der Waals surface area contributed by atoms with Crippen molar-refractivity contribution >= 4 is 29.2 Å². The van der Waals surface area contributed by atoms with Gasteiger partial charge in [0.1, 0.15) is 17.3 Å². The quantitative estimate of drug-likeness (QED) is 0.270. The van der Waals surface area contributed by atoms with Crippen LogP contribution in [0.15, 0.2) is 48.7 Å². The fourth-order valence-electron chi connectivity index (χ4n) is 4.80. The van der Waals surface area contributed by atoms with Crippen molar-refractivity contribution in [3.8, 4) is 23.0 Å². The Hall–Kier alpha value is -4.29. The number of hydrogen-bond donors (Lipinski definition) is 2. The first-order valence-corrected chi connectivity index (χ1v) is 13.9. The van der Waals surface area contributed by atoms with Gasteiger partial charge in [0, 0.05) is 68.8 Å². The number of nitrogens with one attached hydrogen (secondary N) is 1. The average Bonchev–Trinajstić information content (AvgIpc) is 3.00. The normalized spacial score (nSPS) is 14.0. The molecule has 42 heavy (non-hydrogen) atoms. The third-order valence-electron chi connectivity index (χ3n) is 7.12. The van der Waals surface area contributed by atoms with Crippen LogP contribution in [-0.2, 0) is 0 Å². The number of carbonyl (C=O) groups is 1. The van der Waals surface area contributed by atoms with Crippen molar-refractivity contribution in [2.75, 3.05) is 70.9 Å². The van der Waals surface area contributed by atoms with Gasteiger partial charge in [0.05, 0.1) is 33.6 Å². The van der Waals surface area contributed by atoms with Gasteiger partial charge in [-0.1, -0.05) is 0 Å². The highest BCUT2D eigenvalue weighted by Gasteiger charge is 2.23. The van der Waals surface area contributed by atoms with Gasteiger partial charge in [-0.3, -0.25) is 4.90 Å². The van der Waals surface area contributed by atoms with E-state index in [1.165, 1.54) is 26.5 Å². The summed E-state index contributed by atoms with van der Waals surface area (Å²) in [6.45, 7) is 10.5. The maximum atomic E-state index is 12.3. The smallest absolute Gasteiger partial charge is 0.417 e. The second-order valence-electron chi connectivity index (χ2n) is 10.1. The molecule has 0 atom stereocenters. The van der Waals surface area contributed by atoms with E-state index in [4.69, 9.17) is 18.9 Å². The highest BCUT2D eigenvalue weighted by Crippen LogP contribution is 2.36. The van der Waals surface area contributed by atoms with Crippen LogP contribution >= 0.6 is 0 Å². The Balaban J connectivity index is 1.39. The summed E-state index contributed by atoms with van der Waals surface area (Å²) in [4.78, 5) is 27.0. The van der Waals surface area contributed by atoms with E-state index in [2.05, 4.69) is 38.9 Å². The summed E-state index contributed by atoms with van der Waals surface area (Å²) in [7, 11) is 4.57. The van der Waals surface area contributed by atoms with Crippen molar-refractivity contribution in [3.05, 3.63) is 48.7 Å². The molecule has 0 bridgehead atoms. The molecule has 0 aliphatic carbocycles. The van der Waals surface area contributed by atoms with Crippen LogP contribution in [0.3, 0.4) is 0 Å². The van der Waals surface area contributed by atoms with E-state index in [1.807, 2.05) is 12.1 Å². The van der Waals surface area contributed by atoms with E-state index < -0.39 is 6.09 Å². The van der Waals surface area contributed by atoms with E-state index in [1.54, 1.807) is 31.4 Å². The molecule has 1 aliphatic rings. The zero-order valence-electron chi connectivity index (χ0n) is 24.9. The second kappa shape index (κ2) is 14.6. The second-order valence-corrected chi connectivity index (χ2v) is 10.1. The summed E-state index contributed by atoms with van der Waals surface area (Å²) in [5.41, 5.74) is 0.944. The van der Waals surface area contributed by atoms with Crippen molar-refractivity contribution in [1.29, 1.82) is 0 Å². The van der Waals surface area contributed by atoms with E-state index in [0.29, 0.717) is 41.3 Å². The van der Waals surface area contributed by atoms with Gasteiger partial charge in [0.15, 0.2) is 11.5 Å². The van der Waals surface area contributed by atoms with Gasteiger partial charge < -0.3 is 34.3 Å². The van der Waals surface area contributed by atoms with Gasteiger partial charge in [-0.05, 0) is 44.5 Å². The minimum absolute atomic E-state index is 0.140. The van der Waals surface area contributed by atoms with Gasteiger partial charge >= 0.3 is 6.09 Å². The SMILES string of the molecule is COc1ccc(N(C(=O)O)c2ccnc(Nc3ccc(OCCCN4CCN(C(C)C)CC4)c(OC)c3)n2)c(OC)c1. The molecule has 0 radical (unpaired) electrons. The Bertz CT molecular complexity index is 1330. The first-order chi connectivity index (χ1) is 20.3. The lowest BCUT2D eigenvalue weighted by Crippen LogP contribution is -2.49. The largest absolute Gasteiger partial charge is 0.497 e. The Morgan fingerprint density at radius 1 is 0.976 bits per heavy atom. The molecule has 0 unspecified atom stereocenters. The zero-order chi connectivity index (χ0) is 30.1. The molecular weight excluding hydrogens is 540 g/mol. The molecule has 12 heteroatoms. The molecular formula is C30H40N6O6. The van der Waals surface area contributed by atoms with Crippen LogP contribution in [0.2, 0.25) is 0 Å². The summed E-state index contributed by atoms with van der Waals surface area (Å²) < 4.78 is 22.2. The topological polar surface area (TPSA) is 122 Å². The molecule has 1 fully saturated rings. The van der Waals surface area contributed by atoms with Crippen LogP contribution < -0.4 is 29.2 Å². The van der Waals surface area contributed by atoms with Crippen LogP contribution in [0.5, 0.6) is 23.0 Å². The van der Waals surface area contributed by atoms with Crippen molar-refractivity contribution in [3.63, 3.8) is 0 Å². The number of benzene rings is 2. The van der Waals surface area contributed by atoms with E-state index >= 15 is 0 Å². The molecule has 226 valence electrons. The van der Waals surface area contributed by atoms with Gasteiger partial charge in [0.25, 0.3) is 0 Å². The fraction of sp³-hybridized carbons (Fsp3) is 0.433. The molecule has 0 spiro atoms. The van der Waals surface area contributed by atoms with E-state index in [-0.39, 0.29) is 17.5 Å². The summed E-state index contributed by atoms with van der Waals surface area (Å²) in [5.74, 6) is 2.41. The number of rotatable bonds is 13. The van der Waals surface area contributed by atoms with Crippen molar-refractivity contribution in [2.45, 2.75) is 26.3 Å². The van der Waals surface area contributed by atoms with Crippen LogP contribution in [0.25, 0.3) is 0 Å². The number of anilines is 4. The highest BCUT2D eigenvalue weighted by atomic mass is 16.5. The van der Waals surface area contributed by atoms with Crippen LogP contribution in [0.4, 0.5) is 27.9 Å². The third kappa shape index (κ3) is 7.71. The maximum Gasteiger partial charge on any atom is 0.417 e. The number of ether oxygens (including phenoxy) is 4. The Labute approximate surface area is 246 Å². The molecule has 0 saturated carbocycles. The summed E-state index contributed by atoms with van der Waals surface area (Å²) >= 11 is 0. The Morgan fingerprint density at radius 2 is 1.74 bits per heavy atom. The number of carboxylic acid groups (broad SMARTS) is 1. The molecule has 4 rings (SSSR count). The molecule has 1 amide bonds. The first kappa shape index (κ1) is 30.7. The molecule has 3 aromatic rings. The van der Waals surface area contributed by atoms with Crippen LogP contribution in [-0.4, -0.2) is 97.7 Å². The van der Waals surface area contributed by atoms with Crippen molar-refractivity contribution in [1.82, 2.24) is 19.8 Å². The maximum absolute atomic E-state index is 12.3. The number of hydrogen-bond acceptors (Lipinski definition) is 10. The molecule has 1 aliphatic heterocycles. The molecule has 1 aromatic heterocycles. The zero-order valence-corrected chi connectivity index (χ0v) is 24.9. The number of amides is 1. The number of aromatic nitrogens is 2. The van der Waals surface area contributed by atoms with Gasteiger partial charge in [-0.25, -0.2) is 14.7 Å². The summed E-state index contributed by atoms with van der Waals surface area (Å²) in [6, 6.07) is 12.4. The molecule has 1 saturated heterocycles. The van der Waals surface area contributed by atoms with Crippen LogP contribution in [0.1, 0.15) is 20.3 Å². The van der Waals surface area contributed by atoms with Gasteiger partial charge in [-0.2, -0.15) is 4.98 Å². The first-order valence-electron chi connectivity index (χ1n) is 13.9. The lowest BCUT2D eigenvalue weighted by Gasteiger charge is -2.36. The molecule has 12 nitrogen and oxygen atoms in total. The lowest BCUT2D eigenvalue weighted by molar-refractivity contribution is 0.104. The molecule has 2 heterocycles. The predicted octanol–water partition coefficient (Wildman–Crippen LogP) is 4.86. The number of piperazine rings is 1. The standard InChI is InChI=1S/C30H40N6O6/c1-21(2)35-16-14-34(15-17-35)13-6-18-42-25-10-7-22(19-27(25)41-5)32-29-31-12-11-28(33-29)36(30(37)38)24-9-8-23(39-3)20-26(24)40-4/h7-12,19-21H,6,13-18H2,1-5H3,(H,37,38)(H,31,32,33). The van der Waals surface area contributed by atoms with Crippen LogP contribution in [0, 0.1) is 0 Å². The van der Waals surface area contributed by atoms with Crippen molar-refractivity contribution in [2.24, 2.45) is 0 Å². The highest BCUT2D eigenvalue weighted by molar-refractivity contribution is 5.95. The van der Waals surface area contributed by atoms with E-state index in [9.17, 15) is 9.90 Å². The van der Waals surface area contributed by atoms with Gasteiger partial charge in [0.2, 0.25) is 5.95 Å². The lowest BCUT2D eigenvalue weighted by atomic mass is 10.2. The number of nitrogens with zero attached hydrogens (tertiary/aromatic N) is 5. The molecule has 2 N–H and O–H groups in total. The third-order valence-corrected chi connectivity index (χ3v) is 7.12. The predicted molar refractivity (Wildman–Crippen MR) is 161 cm³/mol. The monoisotopic (exact) mass is 580 g/mol. The number of methoxy groups -OCH3 is 3. The average molecular weight is 581 g/mol. The minimum Gasteiger partial charge on any atom is -0.497 e. The van der Waals surface area contributed by atoms with Gasteiger partial charge in [-0.15, -0.1) is 0 Å². The Morgan fingerprint density at radius 3 is 2.40 bits per heavy atom. The summed E-state index contributed by atoms with van der Waals surface area (Å²) in [6.07, 6.45) is 1.17. The van der Waals surface area contributed by atoms with E-state index in [0.717, 1.165) is 44.0 Å². The molecule has 2 aromatic carbocycles. The minimum atomic E-state index is -1.23. The van der Waals surface area contributed by atoms with Crippen molar-refractivity contribution < 1.29 is 28.8 Å².